The van der Waals surface area contributed by atoms with Crippen LogP contribution in [0.2, 0.25) is 0 Å². The second-order valence-electron chi connectivity index (χ2n) is 6.99. The zero-order valence-electron chi connectivity index (χ0n) is 14.1. The van der Waals surface area contributed by atoms with Crippen LogP contribution in [-0.4, -0.2) is 34.0 Å². The van der Waals surface area contributed by atoms with Crippen LogP contribution in [0.15, 0.2) is 60.1 Å². The summed E-state index contributed by atoms with van der Waals surface area (Å²) >= 11 is 1.43. The van der Waals surface area contributed by atoms with Crippen molar-refractivity contribution in [2.24, 2.45) is 5.92 Å². The third-order valence-electron chi connectivity index (χ3n) is 5.43. The van der Waals surface area contributed by atoms with E-state index in [1.165, 1.54) is 23.3 Å². The molecule has 2 fully saturated rings. The van der Waals surface area contributed by atoms with E-state index >= 15 is 0 Å². The lowest BCUT2D eigenvalue weighted by molar-refractivity contribution is 0.216. The highest BCUT2D eigenvalue weighted by molar-refractivity contribution is 7.14. The summed E-state index contributed by atoms with van der Waals surface area (Å²) < 4.78 is 0. The van der Waals surface area contributed by atoms with Crippen molar-refractivity contribution < 1.29 is 4.79 Å². The van der Waals surface area contributed by atoms with Crippen LogP contribution in [0.1, 0.15) is 12.0 Å². The predicted molar refractivity (Wildman–Crippen MR) is 102 cm³/mol. The monoisotopic (exact) mass is 362 g/mol. The van der Waals surface area contributed by atoms with Gasteiger partial charge in [-0.15, -0.1) is 11.3 Å². The Kier molecular flexibility index (Phi) is 3.53. The first kappa shape index (κ1) is 15.5. The summed E-state index contributed by atoms with van der Waals surface area (Å²) in [5.74, 6) is 0.580. The van der Waals surface area contributed by atoms with Gasteiger partial charge < -0.3 is 4.90 Å². The molecule has 1 aliphatic carbocycles. The van der Waals surface area contributed by atoms with E-state index in [2.05, 4.69) is 39.6 Å². The fraction of sp³-hybridized carbons (Fsp3) is 0.250. The molecule has 1 N–H and O–H groups in total. The highest BCUT2D eigenvalue weighted by Crippen LogP contribution is 2.58. The van der Waals surface area contributed by atoms with Gasteiger partial charge in [-0.1, -0.05) is 36.4 Å². The molecule has 0 bridgehead atoms. The van der Waals surface area contributed by atoms with Crippen LogP contribution in [-0.2, 0) is 5.41 Å². The number of nitrogens with one attached hydrogen (secondary N) is 1. The number of carbonyl (C=O) groups is 1. The van der Waals surface area contributed by atoms with Gasteiger partial charge in [0.05, 0.1) is 5.69 Å². The number of aromatic nitrogens is 2. The minimum absolute atomic E-state index is 0.0607. The first-order valence-electron chi connectivity index (χ1n) is 8.73. The number of anilines is 1. The third kappa shape index (κ3) is 2.57. The van der Waals surface area contributed by atoms with Gasteiger partial charge in [-0.2, -0.15) is 0 Å². The molecule has 2 atom stereocenters. The molecule has 2 aliphatic rings. The SMILES string of the molecule is O=C(Nc1nc(-c2ccccn2)cs1)N1C[C@H]2C[C@@]2(c2ccccc2)C1. The van der Waals surface area contributed by atoms with Crippen LogP contribution in [0.25, 0.3) is 11.4 Å². The van der Waals surface area contributed by atoms with E-state index in [9.17, 15) is 4.79 Å². The summed E-state index contributed by atoms with van der Waals surface area (Å²) in [6.07, 6.45) is 2.92. The first-order valence-corrected chi connectivity index (χ1v) is 9.61. The van der Waals surface area contributed by atoms with Crippen molar-refractivity contribution in [2.75, 3.05) is 18.4 Å². The number of urea groups is 1. The van der Waals surface area contributed by atoms with E-state index in [-0.39, 0.29) is 11.4 Å². The summed E-state index contributed by atoms with van der Waals surface area (Å²) in [4.78, 5) is 23.4. The Labute approximate surface area is 155 Å². The number of thiazole rings is 1. The van der Waals surface area contributed by atoms with Gasteiger partial charge in [-0.3, -0.25) is 10.3 Å². The van der Waals surface area contributed by atoms with Crippen molar-refractivity contribution in [3.63, 3.8) is 0 Å². The normalized spacial score (nSPS) is 23.5. The molecule has 0 radical (unpaired) electrons. The van der Waals surface area contributed by atoms with Gasteiger partial charge >= 0.3 is 6.03 Å². The maximum absolute atomic E-state index is 12.7. The maximum Gasteiger partial charge on any atom is 0.323 e. The van der Waals surface area contributed by atoms with Crippen molar-refractivity contribution in [3.8, 4) is 11.4 Å². The molecule has 3 aromatic rings. The fourth-order valence-electron chi connectivity index (χ4n) is 3.99. The van der Waals surface area contributed by atoms with Crippen molar-refractivity contribution in [2.45, 2.75) is 11.8 Å². The molecule has 26 heavy (non-hydrogen) atoms. The van der Waals surface area contributed by atoms with E-state index in [0.29, 0.717) is 11.0 Å². The molecule has 2 aromatic heterocycles. The quantitative estimate of drug-likeness (QED) is 0.766. The van der Waals surface area contributed by atoms with Gasteiger partial charge in [0.1, 0.15) is 5.69 Å². The number of fused-ring (bicyclic) bond motifs is 1. The number of hydrogen-bond acceptors (Lipinski definition) is 4. The lowest BCUT2D eigenvalue weighted by Crippen LogP contribution is -2.36. The number of likely N-dealkylation sites (tertiary alicyclic amines) is 1. The van der Waals surface area contributed by atoms with E-state index in [4.69, 9.17) is 0 Å². The average Bonchev–Trinajstić information content (AvgIpc) is 3.04. The lowest BCUT2D eigenvalue weighted by Gasteiger charge is -2.21. The molecule has 1 aromatic carbocycles. The summed E-state index contributed by atoms with van der Waals surface area (Å²) in [6, 6.07) is 16.2. The molecule has 1 saturated carbocycles. The highest BCUT2D eigenvalue weighted by Gasteiger charge is 2.61. The van der Waals surface area contributed by atoms with Crippen LogP contribution in [0.4, 0.5) is 9.93 Å². The van der Waals surface area contributed by atoms with Crippen LogP contribution in [0.5, 0.6) is 0 Å². The molecule has 3 heterocycles. The zero-order valence-corrected chi connectivity index (χ0v) is 14.9. The standard InChI is InChI=1S/C20H18N4OS/c25-19(23-18-22-17(12-26-18)16-8-4-5-9-21-16)24-11-15-10-20(15,13-24)14-6-2-1-3-7-14/h1-9,12,15H,10-11,13H2,(H,22,23,25)/t15-,20+/m1/s1. The number of rotatable bonds is 3. The molecule has 2 amide bonds. The van der Waals surface area contributed by atoms with E-state index < -0.39 is 0 Å². The van der Waals surface area contributed by atoms with Crippen molar-refractivity contribution in [1.82, 2.24) is 14.9 Å². The van der Waals surface area contributed by atoms with Gasteiger partial charge in [0.15, 0.2) is 5.13 Å². The smallest absolute Gasteiger partial charge is 0.323 e. The molecule has 5 rings (SSSR count). The van der Waals surface area contributed by atoms with Crippen molar-refractivity contribution in [1.29, 1.82) is 0 Å². The largest absolute Gasteiger partial charge is 0.323 e. The Bertz CT molecular complexity index is 943. The van der Waals surface area contributed by atoms with Gasteiger partial charge in [0.2, 0.25) is 0 Å². The van der Waals surface area contributed by atoms with Crippen LogP contribution < -0.4 is 5.32 Å². The number of carbonyl (C=O) groups excluding carboxylic acids is 1. The minimum Gasteiger partial charge on any atom is -0.323 e. The second kappa shape index (κ2) is 5.92. The Balaban J connectivity index is 1.27. The van der Waals surface area contributed by atoms with Gasteiger partial charge in [-0.25, -0.2) is 9.78 Å². The summed E-state index contributed by atoms with van der Waals surface area (Å²) in [6.45, 7) is 1.60. The molecular formula is C20H18N4OS. The van der Waals surface area contributed by atoms with Gasteiger partial charge in [-0.05, 0) is 30.0 Å². The van der Waals surface area contributed by atoms with Crippen molar-refractivity contribution >= 4 is 22.5 Å². The molecule has 1 saturated heterocycles. The number of pyridine rings is 1. The Morgan fingerprint density at radius 3 is 2.81 bits per heavy atom. The molecule has 130 valence electrons. The maximum atomic E-state index is 12.7. The van der Waals surface area contributed by atoms with E-state index in [1.807, 2.05) is 34.5 Å². The highest BCUT2D eigenvalue weighted by atomic mass is 32.1. The van der Waals surface area contributed by atoms with Gasteiger partial charge in [0, 0.05) is 30.1 Å². The van der Waals surface area contributed by atoms with E-state index in [1.54, 1.807) is 6.20 Å². The third-order valence-corrected chi connectivity index (χ3v) is 6.18. The van der Waals surface area contributed by atoms with E-state index in [0.717, 1.165) is 24.5 Å². The predicted octanol–water partition coefficient (Wildman–Crippen LogP) is 4.01. The first-order chi connectivity index (χ1) is 12.7. The number of benzene rings is 1. The molecule has 0 spiro atoms. The molecule has 6 heteroatoms. The Hall–Kier alpha value is -2.73. The van der Waals surface area contributed by atoms with Gasteiger partial charge in [0.25, 0.3) is 0 Å². The topological polar surface area (TPSA) is 58.1 Å². The zero-order chi connectivity index (χ0) is 17.6. The number of nitrogens with zero attached hydrogens (tertiary/aromatic N) is 3. The van der Waals surface area contributed by atoms with Crippen LogP contribution >= 0.6 is 11.3 Å². The molecular weight excluding hydrogens is 344 g/mol. The number of amides is 2. The minimum atomic E-state index is -0.0607. The average molecular weight is 362 g/mol. The lowest BCUT2D eigenvalue weighted by atomic mass is 9.95. The Morgan fingerprint density at radius 2 is 2.00 bits per heavy atom. The fourth-order valence-corrected chi connectivity index (χ4v) is 4.68. The summed E-state index contributed by atoms with van der Waals surface area (Å²) in [5.41, 5.74) is 3.12. The molecule has 1 aliphatic heterocycles. The second-order valence-corrected chi connectivity index (χ2v) is 7.84. The van der Waals surface area contributed by atoms with Crippen LogP contribution in [0.3, 0.4) is 0 Å². The summed E-state index contributed by atoms with van der Waals surface area (Å²) in [5, 5.41) is 5.49. The van der Waals surface area contributed by atoms with Crippen LogP contribution in [0, 0.1) is 5.92 Å². The number of piperidine rings is 1. The molecule has 0 unspecified atom stereocenters. The summed E-state index contributed by atoms with van der Waals surface area (Å²) in [7, 11) is 0. The Morgan fingerprint density at radius 1 is 1.15 bits per heavy atom. The molecule has 5 nitrogen and oxygen atoms in total. The number of hydrogen-bond donors (Lipinski definition) is 1. The van der Waals surface area contributed by atoms with Crippen molar-refractivity contribution in [3.05, 3.63) is 65.7 Å².